The van der Waals surface area contributed by atoms with Crippen LogP contribution in [-0.4, -0.2) is 17.3 Å². The molecule has 2 fully saturated rings. The molecule has 2 aromatic rings. The van der Waals surface area contributed by atoms with Crippen LogP contribution in [0.5, 0.6) is 0 Å². The molecule has 2 unspecified atom stereocenters. The van der Waals surface area contributed by atoms with Gasteiger partial charge in [-0.25, -0.2) is 0 Å². The van der Waals surface area contributed by atoms with Crippen molar-refractivity contribution in [1.29, 1.82) is 0 Å². The molecule has 21 heavy (non-hydrogen) atoms. The third-order valence-electron chi connectivity index (χ3n) is 4.86. The van der Waals surface area contributed by atoms with Gasteiger partial charge in [0.15, 0.2) is 0 Å². The predicted molar refractivity (Wildman–Crippen MR) is 82.9 cm³/mol. The van der Waals surface area contributed by atoms with Gasteiger partial charge in [0, 0.05) is 12.8 Å². The molecule has 2 atom stereocenters. The van der Waals surface area contributed by atoms with Crippen LogP contribution in [0, 0.1) is 0 Å². The largest absolute Gasteiger partial charge is 0.385 e. The van der Waals surface area contributed by atoms with Crippen LogP contribution in [0.25, 0.3) is 11.1 Å². The lowest BCUT2D eigenvalue weighted by Gasteiger charge is -2.37. The number of benzene rings is 2. The zero-order chi connectivity index (χ0) is 14.3. The van der Waals surface area contributed by atoms with Crippen molar-refractivity contribution < 1.29 is 9.84 Å². The molecule has 108 valence electrons. The van der Waals surface area contributed by atoms with Crippen molar-refractivity contribution in [3.05, 3.63) is 60.2 Å². The zero-order valence-electron chi connectivity index (χ0n) is 12.0. The number of aliphatic hydroxyl groups is 1. The predicted octanol–water partition coefficient (Wildman–Crippen LogP) is 3.88. The minimum absolute atomic E-state index is 0.238. The Kier molecular flexibility index (Phi) is 3.09. The maximum absolute atomic E-state index is 11.0. The number of ether oxygens (including phenoxy) is 1. The van der Waals surface area contributed by atoms with Gasteiger partial charge in [0.25, 0.3) is 0 Å². The van der Waals surface area contributed by atoms with Crippen LogP contribution in [0.1, 0.15) is 31.2 Å². The highest BCUT2D eigenvalue weighted by molar-refractivity contribution is 5.63. The van der Waals surface area contributed by atoms with E-state index in [1.54, 1.807) is 0 Å². The Labute approximate surface area is 125 Å². The summed E-state index contributed by atoms with van der Waals surface area (Å²) in [5.41, 5.74) is 2.72. The average molecular weight is 280 g/mol. The summed E-state index contributed by atoms with van der Waals surface area (Å²) in [5.74, 6) is 0. The number of fused-ring (bicyclic) bond motifs is 2. The summed E-state index contributed by atoms with van der Waals surface area (Å²) in [4.78, 5) is 0. The van der Waals surface area contributed by atoms with Crippen LogP contribution in [0.3, 0.4) is 0 Å². The molecular formula is C19H20O2. The Balaban J connectivity index is 1.62. The van der Waals surface area contributed by atoms with Crippen molar-refractivity contribution in [2.24, 2.45) is 0 Å². The SMILES string of the molecule is OC1(c2ccc(-c3ccccc3)cc2)CC2CCC(C1)O2. The summed E-state index contributed by atoms with van der Waals surface area (Å²) in [5, 5.41) is 11.0. The molecule has 0 saturated carbocycles. The molecule has 0 radical (unpaired) electrons. The molecule has 1 N–H and O–H groups in total. The first kappa shape index (κ1) is 13.1. The first-order valence-corrected chi connectivity index (χ1v) is 7.77. The lowest BCUT2D eigenvalue weighted by Crippen LogP contribution is -2.38. The van der Waals surface area contributed by atoms with Crippen LogP contribution in [0.4, 0.5) is 0 Å². The highest BCUT2D eigenvalue weighted by Gasteiger charge is 2.44. The molecule has 2 aliphatic heterocycles. The normalized spacial score (nSPS) is 31.3. The Morgan fingerprint density at radius 1 is 0.810 bits per heavy atom. The van der Waals surface area contributed by atoms with E-state index >= 15 is 0 Å². The monoisotopic (exact) mass is 280 g/mol. The maximum Gasteiger partial charge on any atom is 0.0945 e. The molecule has 0 amide bonds. The Hall–Kier alpha value is -1.64. The van der Waals surface area contributed by atoms with E-state index in [0.717, 1.165) is 31.2 Å². The van der Waals surface area contributed by atoms with Gasteiger partial charge in [-0.2, -0.15) is 0 Å². The topological polar surface area (TPSA) is 29.5 Å². The minimum atomic E-state index is -0.709. The summed E-state index contributed by atoms with van der Waals surface area (Å²) >= 11 is 0. The molecule has 2 aliphatic rings. The fourth-order valence-electron chi connectivity index (χ4n) is 3.76. The second kappa shape index (κ2) is 4.97. The zero-order valence-corrected chi connectivity index (χ0v) is 12.0. The second-order valence-electron chi connectivity index (χ2n) is 6.34. The summed E-state index contributed by atoms with van der Waals surface area (Å²) in [6, 6.07) is 18.7. The summed E-state index contributed by atoms with van der Waals surface area (Å²) in [6.45, 7) is 0. The van der Waals surface area contributed by atoms with E-state index < -0.39 is 5.60 Å². The van der Waals surface area contributed by atoms with Gasteiger partial charge >= 0.3 is 0 Å². The van der Waals surface area contributed by atoms with Gasteiger partial charge in [-0.05, 0) is 29.5 Å². The molecule has 0 aliphatic carbocycles. The van der Waals surface area contributed by atoms with Gasteiger partial charge in [0.1, 0.15) is 0 Å². The van der Waals surface area contributed by atoms with Crippen LogP contribution >= 0.6 is 0 Å². The molecular weight excluding hydrogens is 260 g/mol. The summed E-state index contributed by atoms with van der Waals surface area (Å²) in [7, 11) is 0. The van der Waals surface area contributed by atoms with E-state index in [-0.39, 0.29) is 12.2 Å². The first-order valence-electron chi connectivity index (χ1n) is 7.77. The average Bonchev–Trinajstić information content (AvgIpc) is 2.88. The van der Waals surface area contributed by atoms with Crippen molar-refractivity contribution in [2.75, 3.05) is 0 Å². The van der Waals surface area contributed by atoms with Gasteiger partial charge in [-0.15, -0.1) is 0 Å². The van der Waals surface area contributed by atoms with Crippen molar-refractivity contribution in [3.8, 4) is 11.1 Å². The molecule has 2 bridgehead atoms. The maximum atomic E-state index is 11.0. The van der Waals surface area contributed by atoms with E-state index in [1.807, 2.05) is 18.2 Å². The third kappa shape index (κ3) is 2.39. The fraction of sp³-hybridized carbons (Fsp3) is 0.368. The van der Waals surface area contributed by atoms with Gasteiger partial charge in [-0.1, -0.05) is 54.6 Å². The number of rotatable bonds is 2. The summed E-state index contributed by atoms with van der Waals surface area (Å²) in [6.07, 6.45) is 4.12. The molecule has 2 aromatic carbocycles. The standard InChI is InChI=1S/C19H20O2/c20-19(12-17-10-11-18(13-19)21-17)16-8-6-15(7-9-16)14-4-2-1-3-5-14/h1-9,17-18,20H,10-13H2. The van der Waals surface area contributed by atoms with Crippen molar-refractivity contribution in [3.63, 3.8) is 0 Å². The Bertz CT molecular complexity index is 606. The van der Waals surface area contributed by atoms with Gasteiger partial charge in [0.2, 0.25) is 0 Å². The number of hydrogen-bond donors (Lipinski definition) is 1. The fourth-order valence-corrected chi connectivity index (χ4v) is 3.76. The Morgan fingerprint density at radius 3 is 2.00 bits per heavy atom. The third-order valence-corrected chi connectivity index (χ3v) is 4.86. The molecule has 2 nitrogen and oxygen atoms in total. The van der Waals surface area contributed by atoms with E-state index in [0.29, 0.717) is 0 Å². The van der Waals surface area contributed by atoms with Crippen LogP contribution < -0.4 is 0 Å². The van der Waals surface area contributed by atoms with E-state index in [1.165, 1.54) is 11.1 Å². The smallest absolute Gasteiger partial charge is 0.0945 e. The van der Waals surface area contributed by atoms with Crippen LogP contribution in [-0.2, 0) is 10.3 Å². The van der Waals surface area contributed by atoms with Crippen molar-refractivity contribution >= 4 is 0 Å². The van der Waals surface area contributed by atoms with Gasteiger partial charge in [-0.3, -0.25) is 0 Å². The molecule has 2 saturated heterocycles. The highest BCUT2D eigenvalue weighted by atomic mass is 16.5. The van der Waals surface area contributed by atoms with E-state index in [2.05, 4.69) is 36.4 Å². The second-order valence-corrected chi connectivity index (χ2v) is 6.34. The van der Waals surface area contributed by atoms with E-state index in [4.69, 9.17) is 4.74 Å². The molecule has 2 heterocycles. The molecule has 0 aromatic heterocycles. The minimum Gasteiger partial charge on any atom is -0.385 e. The quantitative estimate of drug-likeness (QED) is 0.904. The molecule has 2 heteroatoms. The lowest BCUT2D eigenvalue weighted by molar-refractivity contribution is -0.115. The van der Waals surface area contributed by atoms with Crippen molar-refractivity contribution in [1.82, 2.24) is 0 Å². The highest BCUT2D eigenvalue weighted by Crippen LogP contribution is 2.44. The van der Waals surface area contributed by atoms with E-state index in [9.17, 15) is 5.11 Å². The van der Waals surface area contributed by atoms with Crippen molar-refractivity contribution in [2.45, 2.75) is 43.5 Å². The van der Waals surface area contributed by atoms with Crippen LogP contribution in [0.2, 0.25) is 0 Å². The van der Waals surface area contributed by atoms with Crippen LogP contribution in [0.15, 0.2) is 54.6 Å². The first-order chi connectivity index (χ1) is 10.2. The lowest BCUT2D eigenvalue weighted by atomic mass is 9.83. The molecule has 0 spiro atoms. The van der Waals surface area contributed by atoms with Gasteiger partial charge < -0.3 is 9.84 Å². The summed E-state index contributed by atoms with van der Waals surface area (Å²) < 4.78 is 5.85. The Morgan fingerprint density at radius 2 is 1.38 bits per heavy atom. The van der Waals surface area contributed by atoms with Gasteiger partial charge in [0.05, 0.1) is 17.8 Å². The molecule has 4 rings (SSSR count). The number of hydrogen-bond acceptors (Lipinski definition) is 2.